The van der Waals surface area contributed by atoms with Crippen LogP contribution in [0.4, 0.5) is 5.69 Å². The van der Waals surface area contributed by atoms with Crippen molar-refractivity contribution in [2.45, 2.75) is 13.3 Å². The van der Waals surface area contributed by atoms with Crippen molar-refractivity contribution >= 4 is 11.6 Å². The molecule has 0 saturated heterocycles. The molecule has 1 heterocycles. The second-order valence-electron chi connectivity index (χ2n) is 3.02. The molecular formula is C10H11NO2. The summed E-state index contributed by atoms with van der Waals surface area (Å²) in [5.74, 6) is 0.690. The molecule has 13 heavy (non-hydrogen) atoms. The normalized spacial score (nSPS) is 14.4. The molecule has 3 heteroatoms. The molecule has 1 aliphatic heterocycles. The van der Waals surface area contributed by atoms with Gasteiger partial charge in [-0.2, -0.15) is 0 Å². The molecule has 0 aromatic heterocycles. The number of rotatable bonds is 1. The first kappa shape index (κ1) is 8.10. The van der Waals surface area contributed by atoms with Gasteiger partial charge < -0.3 is 10.1 Å². The van der Waals surface area contributed by atoms with E-state index in [0.29, 0.717) is 0 Å². The third kappa shape index (κ3) is 1.49. The highest BCUT2D eigenvalue weighted by atomic mass is 16.5. The van der Waals surface area contributed by atoms with Crippen molar-refractivity contribution in [2.24, 2.45) is 0 Å². The van der Waals surface area contributed by atoms with Gasteiger partial charge in [0, 0.05) is 0 Å². The highest BCUT2D eigenvalue weighted by molar-refractivity contribution is 5.95. The lowest BCUT2D eigenvalue weighted by atomic mass is 10.1. The lowest BCUT2D eigenvalue weighted by Crippen LogP contribution is -2.25. The second kappa shape index (κ2) is 3.09. The van der Waals surface area contributed by atoms with Crippen molar-refractivity contribution in [3.8, 4) is 5.75 Å². The molecule has 0 bridgehead atoms. The monoisotopic (exact) mass is 177 g/mol. The van der Waals surface area contributed by atoms with Gasteiger partial charge in [0.05, 0.1) is 5.69 Å². The number of amides is 1. The number of nitrogens with one attached hydrogen (secondary N) is 1. The van der Waals surface area contributed by atoms with Gasteiger partial charge in [-0.05, 0) is 24.1 Å². The molecule has 1 aliphatic rings. The van der Waals surface area contributed by atoms with E-state index in [1.807, 2.05) is 18.2 Å². The molecule has 0 spiro atoms. The third-order valence-corrected chi connectivity index (χ3v) is 2.09. The van der Waals surface area contributed by atoms with Gasteiger partial charge >= 0.3 is 0 Å². The molecule has 1 aromatic carbocycles. The average Bonchev–Trinajstić information content (AvgIpc) is 2.17. The molecule has 1 aromatic rings. The van der Waals surface area contributed by atoms with Gasteiger partial charge in [0.15, 0.2) is 6.61 Å². The Labute approximate surface area is 76.7 Å². The number of carbonyl (C=O) groups is 1. The van der Waals surface area contributed by atoms with E-state index in [2.05, 4.69) is 12.2 Å². The Balaban J connectivity index is 2.36. The van der Waals surface area contributed by atoms with Crippen LogP contribution in [0.1, 0.15) is 12.5 Å². The Bertz CT molecular complexity index is 347. The van der Waals surface area contributed by atoms with E-state index in [-0.39, 0.29) is 12.5 Å². The Morgan fingerprint density at radius 3 is 3.15 bits per heavy atom. The number of aryl methyl sites for hydroxylation is 1. The zero-order chi connectivity index (χ0) is 9.26. The van der Waals surface area contributed by atoms with Crippen LogP contribution in [0.25, 0.3) is 0 Å². The summed E-state index contributed by atoms with van der Waals surface area (Å²) in [6.45, 7) is 2.21. The zero-order valence-corrected chi connectivity index (χ0v) is 7.46. The van der Waals surface area contributed by atoms with Crippen molar-refractivity contribution in [3.05, 3.63) is 23.8 Å². The van der Waals surface area contributed by atoms with Crippen LogP contribution in [0.3, 0.4) is 0 Å². The quantitative estimate of drug-likeness (QED) is 0.707. The van der Waals surface area contributed by atoms with Crippen LogP contribution in [-0.2, 0) is 11.2 Å². The van der Waals surface area contributed by atoms with Crippen molar-refractivity contribution in [3.63, 3.8) is 0 Å². The van der Waals surface area contributed by atoms with Crippen LogP contribution in [0, 0.1) is 0 Å². The standard InChI is InChI=1S/C10H11NO2/c1-2-7-3-4-8-9(5-7)13-6-10(12)11-8/h3-5H,2,6H2,1H3,(H,11,12). The van der Waals surface area contributed by atoms with Gasteiger partial charge in [-0.1, -0.05) is 13.0 Å². The summed E-state index contributed by atoms with van der Waals surface area (Å²) >= 11 is 0. The number of benzene rings is 1. The summed E-state index contributed by atoms with van der Waals surface area (Å²) in [5, 5.41) is 2.75. The molecule has 68 valence electrons. The van der Waals surface area contributed by atoms with Crippen LogP contribution in [0.2, 0.25) is 0 Å². The third-order valence-electron chi connectivity index (χ3n) is 2.09. The van der Waals surface area contributed by atoms with E-state index in [1.54, 1.807) is 0 Å². The van der Waals surface area contributed by atoms with Crippen LogP contribution >= 0.6 is 0 Å². The summed E-state index contributed by atoms with van der Waals surface area (Å²) in [6, 6.07) is 5.84. The first-order chi connectivity index (χ1) is 6.29. The average molecular weight is 177 g/mol. The predicted molar refractivity (Wildman–Crippen MR) is 49.9 cm³/mol. The summed E-state index contributed by atoms with van der Waals surface area (Å²) < 4.78 is 5.27. The highest BCUT2D eigenvalue weighted by Crippen LogP contribution is 2.28. The molecule has 0 atom stereocenters. The predicted octanol–water partition coefficient (Wildman–Crippen LogP) is 1.58. The topological polar surface area (TPSA) is 38.3 Å². The fourth-order valence-electron chi connectivity index (χ4n) is 1.34. The van der Waals surface area contributed by atoms with Gasteiger partial charge in [0.2, 0.25) is 0 Å². The smallest absolute Gasteiger partial charge is 0.262 e. The summed E-state index contributed by atoms with van der Waals surface area (Å²) in [4.78, 5) is 10.9. The van der Waals surface area contributed by atoms with E-state index >= 15 is 0 Å². The van der Waals surface area contributed by atoms with Gasteiger partial charge in [-0.25, -0.2) is 0 Å². The fraction of sp³-hybridized carbons (Fsp3) is 0.300. The Morgan fingerprint density at radius 1 is 1.54 bits per heavy atom. The van der Waals surface area contributed by atoms with Crippen molar-refractivity contribution in [1.82, 2.24) is 0 Å². The zero-order valence-electron chi connectivity index (χ0n) is 7.46. The maximum absolute atomic E-state index is 10.9. The van der Waals surface area contributed by atoms with Crippen LogP contribution in [-0.4, -0.2) is 12.5 Å². The van der Waals surface area contributed by atoms with Gasteiger partial charge in [0.1, 0.15) is 5.75 Å². The molecule has 1 amide bonds. The fourth-order valence-corrected chi connectivity index (χ4v) is 1.34. The van der Waals surface area contributed by atoms with Crippen LogP contribution in [0.15, 0.2) is 18.2 Å². The molecule has 3 nitrogen and oxygen atoms in total. The number of fused-ring (bicyclic) bond motifs is 1. The maximum Gasteiger partial charge on any atom is 0.262 e. The van der Waals surface area contributed by atoms with E-state index in [4.69, 9.17) is 4.74 Å². The number of hydrogen-bond donors (Lipinski definition) is 1. The Hall–Kier alpha value is -1.51. The minimum atomic E-state index is -0.0863. The largest absolute Gasteiger partial charge is 0.482 e. The molecule has 0 fully saturated rings. The molecule has 0 radical (unpaired) electrons. The minimum absolute atomic E-state index is 0.0863. The van der Waals surface area contributed by atoms with Crippen molar-refractivity contribution in [1.29, 1.82) is 0 Å². The van der Waals surface area contributed by atoms with E-state index in [0.717, 1.165) is 17.9 Å². The molecular weight excluding hydrogens is 166 g/mol. The lowest BCUT2D eigenvalue weighted by molar-refractivity contribution is -0.118. The van der Waals surface area contributed by atoms with Crippen LogP contribution < -0.4 is 10.1 Å². The van der Waals surface area contributed by atoms with Crippen LogP contribution in [0.5, 0.6) is 5.75 Å². The molecule has 0 saturated carbocycles. The number of carbonyl (C=O) groups excluding carboxylic acids is 1. The maximum atomic E-state index is 10.9. The molecule has 2 rings (SSSR count). The molecule has 0 unspecified atom stereocenters. The first-order valence-corrected chi connectivity index (χ1v) is 4.35. The summed E-state index contributed by atoms with van der Waals surface area (Å²) in [6.07, 6.45) is 0.977. The van der Waals surface area contributed by atoms with Crippen molar-refractivity contribution < 1.29 is 9.53 Å². The van der Waals surface area contributed by atoms with E-state index in [9.17, 15) is 4.79 Å². The first-order valence-electron chi connectivity index (χ1n) is 4.35. The summed E-state index contributed by atoms with van der Waals surface area (Å²) in [5.41, 5.74) is 1.99. The van der Waals surface area contributed by atoms with Gasteiger partial charge in [-0.3, -0.25) is 4.79 Å². The number of ether oxygens (including phenoxy) is 1. The molecule has 1 N–H and O–H groups in total. The minimum Gasteiger partial charge on any atom is -0.482 e. The SMILES string of the molecule is CCc1ccc2c(c1)OCC(=O)N2. The summed E-state index contributed by atoms with van der Waals surface area (Å²) in [7, 11) is 0. The Kier molecular flexibility index (Phi) is 1.93. The number of hydrogen-bond acceptors (Lipinski definition) is 2. The van der Waals surface area contributed by atoms with Gasteiger partial charge in [-0.15, -0.1) is 0 Å². The van der Waals surface area contributed by atoms with Gasteiger partial charge in [0.25, 0.3) is 5.91 Å². The lowest BCUT2D eigenvalue weighted by Gasteiger charge is -2.18. The highest BCUT2D eigenvalue weighted by Gasteiger charge is 2.15. The molecule has 0 aliphatic carbocycles. The van der Waals surface area contributed by atoms with E-state index in [1.165, 1.54) is 5.56 Å². The second-order valence-corrected chi connectivity index (χ2v) is 3.02. The number of anilines is 1. The van der Waals surface area contributed by atoms with E-state index < -0.39 is 0 Å². The Morgan fingerprint density at radius 2 is 2.38 bits per heavy atom. The van der Waals surface area contributed by atoms with Crippen molar-refractivity contribution in [2.75, 3.05) is 11.9 Å².